The zero-order chi connectivity index (χ0) is 37.3. The van der Waals surface area contributed by atoms with Crippen LogP contribution in [0.15, 0.2) is 12.2 Å². The Balaban J connectivity index is 3.62. The molecule has 51 heavy (non-hydrogen) atoms. The van der Waals surface area contributed by atoms with E-state index >= 15 is 0 Å². The Kier molecular flexibility index (Phi) is 41.1. The number of carbonyl (C=O) groups is 1. The number of unbranched alkanes of at least 4 members (excludes halogenated alkanes) is 34. The Morgan fingerprint density at radius 1 is 0.471 bits per heavy atom. The predicted molar refractivity (Wildman–Crippen MR) is 222 cm³/mol. The molecule has 0 heterocycles. The summed E-state index contributed by atoms with van der Waals surface area (Å²) in [6, 6.07) is -0.792. The normalized spacial score (nSPS) is 13.6. The third-order valence-electron chi connectivity index (χ3n) is 10.9. The summed E-state index contributed by atoms with van der Waals surface area (Å²) in [5.74, 6) is -0.498. The summed E-state index contributed by atoms with van der Waals surface area (Å²) >= 11 is 0. The lowest BCUT2D eigenvalue weighted by Crippen LogP contribution is -2.48. The molecule has 0 fully saturated rings. The molecule has 0 saturated heterocycles. The zero-order valence-electron chi connectivity index (χ0n) is 34.5. The van der Waals surface area contributed by atoms with Crippen LogP contribution in [0.5, 0.6) is 0 Å². The van der Waals surface area contributed by atoms with Crippen molar-refractivity contribution in [3.8, 4) is 0 Å². The number of hydrogen-bond donors (Lipinski definition) is 4. The van der Waals surface area contributed by atoms with Gasteiger partial charge < -0.3 is 20.6 Å². The average Bonchev–Trinajstić information content (AvgIpc) is 3.13. The van der Waals surface area contributed by atoms with Crippen LogP contribution in [-0.4, -0.2) is 46.1 Å². The molecule has 1 amide bonds. The summed E-state index contributed by atoms with van der Waals surface area (Å²) in [6.45, 7) is 4.20. The van der Waals surface area contributed by atoms with Gasteiger partial charge in [0.15, 0.2) is 0 Å². The molecular formula is C46H91NO4. The van der Waals surface area contributed by atoms with Crippen molar-refractivity contribution in [1.82, 2.24) is 5.32 Å². The van der Waals surface area contributed by atoms with E-state index in [1.807, 2.05) is 6.08 Å². The number of rotatable bonds is 42. The van der Waals surface area contributed by atoms with E-state index in [0.717, 1.165) is 32.1 Å². The first kappa shape index (κ1) is 50.1. The summed E-state index contributed by atoms with van der Waals surface area (Å²) < 4.78 is 0. The quantitative estimate of drug-likeness (QED) is 0.0373. The Bertz CT molecular complexity index is 713. The minimum absolute atomic E-state index is 0.359. The van der Waals surface area contributed by atoms with Gasteiger partial charge in [-0.1, -0.05) is 244 Å². The lowest BCUT2D eigenvalue weighted by atomic mass is 10.0. The van der Waals surface area contributed by atoms with Gasteiger partial charge in [-0.15, -0.1) is 0 Å². The predicted octanol–water partition coefficient (Wildman–Crippen LogP) is 13.2. The second-order valence-corrected chi connectivity index (χ2v) is 16.0. The van der Waals surface area contributed by atoms with E-state index in [1.165, 1.54) is 199 Å². The van der Waals surface area contributed by atoms with Crippen molar-refractivity contribution in [3.63, 3.8) is 0 Å². The van der Waals surface area contributed by atoms with Gasteiger partial charge in [0, 0.05) is 0 Å². The Morgan fingerprint density at radius 2 is 0.765 bits per heavy atom. The smallest absolute Gasteiger partial charge is 0.249 e. The molecule has 0 spiro atoms. The molecule has 0 rings (SSSR count). The summed E-state index contributed by atoms with van der Waals surface area (Å²) in [7, 11) is 0. The van der Waals surface area contributed by atoms with Crippen LogP contribution >= 0.6 is 0 Å². The van der Waals surface area contributed by atoms with Gasteiger partial charge >= 0.3 is 0 Å². The third kappa shape index (κ3) is 37.2. The standard InChI is InChI=1S/C46H91NO4/c1-3-5-7-9-11-13-15-17-19-21-22-23-25-27-29-31-33-35-37-39-41-45(50)46(51)47-43(42-48)44(49)40-38-36-34-32-30-28-26-24-20-18-16-14-12-10-8-6-4-2/h38,40,43-45,48-50H,3-37,39,41-42H2,1-2H3,(H,47,51)/b40-38+. The van der Waals surface area contributed by atoms with Crippen LogP contribution in [0.3, 0.4) is 0 Å². The van der Waals surface area contributed by atoms with Gasteiger partial charge in [0.2, 0.25) is 5.91 Å². The molecule has 0 saturated carbocycles. The van der Waals surface area contributed by atoms with Gasteiger partial charge in [-0.2, -0.15) is 0 Å². The van der Waals surface area contributed by atoms with E-state index in [-0.39, 0.29) is 6.61 Å². The van der Waals surface area contributed by atoms with Crippen molar-refractivity contribution in [1.29, 1.82) is 0 Å². The fraction of sp³-hybridized carbons (Fsp3) is 0.935. The van der Waals surface area contributed by atoms with Crippen LogP contribution in [-0.2, 0) is 4.79 Å². The van der Waals surface area contributed by atoms with Crippen LogP contribution in [0.4, 0.5) is 0 Å². The lowest BCUT2D eigenvalue weighted by molar-refractivity contribution is -0.131. The molecule has 3 atom stereocenters. The SMILES string of the molecule is CCCCCCCCCCCCCCCCC/C=C/C(O)C(CO)NC(=O)C(O)CCCCCCCCCCCCCCCCCCCCCC. The van der Waals surface area contributed by atoms with Gasteiger partial charge in [0.25, 0.3) is 0 Å². The van der Waals surface area contributed by atoms with Crippen molar-refractivity contribution >= 4 is 5.91 Å². The Morgan fingerprint density at radius 3 is 1.08 bits per heavy atom. The summed E-state index contributed by atoms with van der Waals surface area (Å²) in [5.41, 5.74) is 0. The molecule has 0 aliphatic heterocycles. The molecule has 3 unspecified atom stereocenters. The van der Waals surface area contributed by atoms with Crippen LogP contribution in [0.1, 0.15) is 251 Å². The first-order valence-electron chi connectivity index (χ1n) is 23.0. The second kappa shape index (κ2) is 41.8. The topological polar surface area (TPSA) is 89.8 Å². The first-order chi connectivity index (χ1) is 25.1. The van der Waals surface area contributed by atoms with E-state index in [1.54, 1.807) is 6.08 Å². The highest BCUT2D eigenvalue weighted by atomic mass is 16.3. The monoisotopic (exact) mass is 722 g/mol. The van der Waals surface area contributed by atoms with Crippen LogP contribution in [0, 0.1) is 0 Å². The largest absolute Gasteiger partial charge is 0.394 e. The summed E-state index contributed by atoms with van der Waals surface area (Å²) in [5, 5.41) is 33.2. The van der Waals surface area contributed by atoms with Crippen molar-refractivity contribution in [2.75, 3.05) is 6.61 Å². The first-order valence-corrected chi connectivity index (χ1v) is 23.0. The summed E-state index contributed by atoms with van der Waals surface area (Å²) in [6.07, 6.45) is 49.6. The van der Waals surface area contributed by atoms with Crippen LogP contribution < -0.4 is 5.32 Å². The maximum absolute atomic E-state index is 12.5. The molecule has 5 heteroatoms. The van der Waals surface area contributed by atoms with Crippen LogP contribution in [0.2, 0.25) is 0 Å². The molecule has 304 valence electrons. The van der Waals surface area contributed by atoms with E-state index in [9.17, 15) is 20.1 Å². The van der Waals surface area contributed by atoms with E-state index in [4.69, 9.17) is 0 Å². The Hall–Kier alpha value is -0.910. The number of allylic oxidation sites excluding steroid dienone is 1. The molecule has 0 aromatic rings. The van der Waals surface area contributed by atoms with Crippen LogP contribution in [0.25, 0.3) is 0 Å². The molecule has 0 radical (unpaired) electrons. The van der Waals surface area contributed by atoms with E-state index < -0.39 is 24.2 Å². The number of aliphatic hydroxyl groups is 3. The van der Waals surface area contributed by atoms with Gasteiger partial charge in [0.05, 0.1) is 18.8 Å². The minimum Gasteiger partial charge on any atom is -0.394 e. The molecule has 5 nitrogen and oxygen atoms in total. The fourth-order valence-corrected chi connectivity index (χ4v) is 7.25. The van der Waals surface area contributed by atoms with Gasteiger partial charge in [-0.25, -0.2) is 0 Å². The van der Waals surface area contributed by atoms with Gasteiger partial charge in [0.1, 0.15) is 6.10 Å². The highest BCUT2D eigenvalue weighted by Crippen LogP contribution is 2.17. The molecular weight excluding hydrogens is 631 g/mol. The maximum Gasteiger partial charge on any atom is 0.249 e. The van der Waals surface area contributed by atoms with Gasteiger partial charge in [-0.3, -0.25) is 4.79 Å². The molecule has 4 N–H and O–H groups in total. The lowest BCUT2D eigenvalue weighted by Gasteiger charge is -2.21. The number of amides is 1. The number of carbonyl (C=O) groups excluding carboxylic acids is 1. The third-order valence-corrected chi connectivity index (χ3v) is 10.9. The molecule has 0 aliphatic carbocycles. The molecule has 0 bridgehead atoms. The van der Waals surface area contributed by atoms with E-state index in [0.29, 0.717) is 6.42 Å². The number of hydrogen-bond acceptors (Lipinski definition) is 4. The Labute approximate surface area is 319 Å². The number of aliphatic hydroxyl groups excluding tert-OH is 3. The maximum atomic E-state index is 12.5. The second-order valence-electron chi connectivity index (χ2n) is 16.0. The zero-order valence-corrected chi connectivity index (χ0v) is 34.5. The van der Waals surface area contributed by atoms with E-state index in [2.05, 4.69) is 19.2 Å². The molecule has 0 aromatic heterocycles. The van der Waals surface area contributed by atoms with Crippen molar-refractivity contribution in [2.24, 2.45) is 0 Å². The minimum atomic E-state index is -1.09. The molecule has 0 aromatic carbocycles. The van der Waals surface area contributed by atoms with Crippen molar-refractivity contribution in [2.45, 2.75) is 270 Å². The van der Waals surface area contributed by atoms with Gasteiger partial charge in [-0.05, 0) is 19.3 Å². The highest BCUT2D eigenvalue weighted by Gasteiger charge is 2.22. The van der Waals surface area contributed by atoms with Crippen molar-refractivity contribution < 1.29 is 20.1 Å². The fourth-order valence-electron chi connectivity index (χ4n) is 7.25. The summed E-state index contributed by atoms with van der Waals surface area (Å²) in [4.78, 5) is 12.5. The van der Waals surface area contributed by atoms with Crippen molar-refractivity contribution in [3.05, 3.63) is 12.2 Å². The highest BCUT2D eigenvalue weighted by molar-refractivity contribution is 5.80. The number of nitrogens with one attached hydrogen (secondary N) is 1. The molecule has 0 aliphatic rings. The average molecular weight is 722 g/mol.